The van der Waals surface area contributed by atoms with Crippen LogP contribution in [0.2, 0.25) is 0 Å². The zero-order valence-electron chi connectivity index (χ0n) is 9.59. The van der Waals surface area contributed by atoms with Crippen molar-refractivity contribution in [3.63, 3.8) is 0 Å². The first kappa shape index (κ1) is 12.6. The minimum absolute atomic E-state index is 0.0304. The number of nitrogens with zero attached hydrogens (tertiary/aromatic N) is 1. The number of hydrogen-bond acceptors (Lipinski definition) is 4. The summed E-state index contributed by atoms with van der Waals surface area (Å²) < 4.78 is 5.92. The molecule has 1 unspecified atom stereocenters. The highest BCUT2D eigenvalue weighted by Crippen LogP contribution is 2.30. The van der Waals surface area contributed by atoms with E-state index in [1.165, 1.54) is 6.07 Å². The summed E-state index contributed by atoms with van der Waals surface area (Å²) in [5.41, 5.74) is 0.495. The van der Waals surface area contributed by atoms with Gasteiger partial charge in [-0.1, -0.05) is 15.9 Å². The molecule has 0 amide bonds. The number of nitrogens with one attached hydrogen (secondary N) is 1. The Morgan fingerprint density at radius 1 is 1.44 bits per heavy atom. The average Bonchev–Trinajstić information content (AvgIpc) is 2.84. The largest absolute Gasteiger partial charge is 0.467 e. The first-order valence-electron chi connectivity index (χ1n) is 5.32. The summed E-state index contributed by atoms with van der Waals surface area (Å²) in [4.78, 5) is 10.5. The van der Waals surface area contributed by atoms with Crippen molar-refractivity contribution in [2.24, 2.45) is 0 Å². The Hall–Kier alpha value is -1.82. The highest BCUT2D eigenvalue weighted by atomic mass is 79.9. The third kappa shape index (κ3) is 2.70. The summed E-state index contributed by atoms with van der Waals surface area (Å²) in [7, 11) is 0. The van der Waals surface area contributed by atoms with Gasteiger partial charge in [-0.3, -0.25) is 10.1 Å². The third-order valence-electron chi connectivity index (χ3n) is 2.50. The molecule has 2 aromatic rings. The van der Waals surface area contributed by atoms with Crippen LogP contribution in [-0.4, -0.2) is 4.92 Å². The van der Waals surface area contributed by atoms with Crippen molar-refractivity contribution < 1.29 is 9.34 Å². The van der Waals surface area contributed by atoms with Crippen LogP contribution in [0.25, 0.3) is 0 Å². The number of nitro benzene ring substituents is 1. The summed E-state index contributed by atoms with van der Waals surface area (Å²) in [5, 5.41) is 14.0. The van der Waals surface area contributed by atoms with Crippen molar-refractivity contribution in [3.8, 4) is 0 Å². The molecule has 0 saturated heterocycles. The second-order valence-electron chi connectivity index (χ2n) is 3.80. The van der Waals surface area contributed by atoms with Crippen LogP contribution in [0.15, 0.2) is 45.5 Å². The molecule has 1 aromatic heterocycles. The SMILES string of the molecule is CC(Nc1ccc(Br)cc1[N+](=O)[O-])c1ccco1. The normalized spacial score (nSPS) is 12.1. The number of hydrogen-bond donors (Lipinski definition) is 1. The van der Waals surface area contributed by atoms with Gasteiger partial charge in [0.25, 0.3) is 5.69 Å². The van der Waals surface area contributed by atoms with Crippen LogP contribution in [0, 0.1) is 10.1 Å². The maximum Gasteiger partial charge on any atom is 0.293 e. The topological polar surface area (TPSA) is 68.3 Å². The minimum atomic E-state index is -0.415. The van der Waals surface area contributed by atoms with E-state index in [1.54, 1.807) is 24.5 Å². The highest BCUT2D eigenvalue weighted by Gasteiger charge is 2.17. The van der Waals surface area contributed by atoms with E-state index in [9.17, 15) is 10.1 Å². The summed E-state index contributed by atoms with van der Waals surface area (Å²) in [6.07, 6.45) is 1.57. The van der Waals surface area contributed by atoms with Gasteiger partial charge in [0.2, 0.25) is 0 Å². The lowest BCUT2D eigenvalue weighted by Crippen LogP contribution is -2.07. The van der Waals surface area contributed by atoms with E-state index in [-0.39, 0.29) is 11.7 Å². The summed E-state index contributed by atoms with van der Waals surface area (Å²) in [5.74, 6) is 0.729. The van der Waals surface area contributed by atoms with E-state index in [4.69, 9.17) is 4.42 Å². The number of rotatable bonds is 4. The van der Waals surface area contributed by atoms with Gasteiger partial charge in [0, 0.05) is 10.5 Å². The molecule has 1 atom stereocenters. The number of anilines is 1. The molecular formula is C12H11BrN2O3. The zero-order chi connectivity index (χ0) is 13.1. The van der Waals surface area contributed by atoms with Gasteiger partial charge in [0.1, 0.15) is 11.4 Å². The number of furan rings is 1. The second-order valence-corrected chi connectivity index (χ2v) is 4.72. The van der Waals surface area contributed by atoms with Crippen LogP contribution >= 0.6 is 15.9 Å². The quantitative estimate of drug-likeness (QED) is 0.681. The smallest absolute Gasteiger partial charge is 0.293 e. The van der Waals surface area contributed by atoms with Crippen LogP contribution in [0.3, 0.4) is 0 Å². The Morgan fingerprint density at radius 3 is 2.83 bits per heavy atom. The summed E-state index contributed by atoms with van der Waals surface area (Å²) in [6, 6.07) is 8.36. The summed E-state index contributed by atoms with van der Waals surface area (Å²) in [6.45, 7) is 1.88. The molecule has 0 radical (unpaired) electrons. The molecule has 2 rings (SSSR count). The maximum atomic E-state index is 11.0. The molecule has 0 fully saturated rings. The van der Waals surface area contributed by atoms with Crippen molar-refractivity contribution in [3.05, 3.63) is 56.9 Å². The molecular weight excluding hydrogens is 300 g/mol. The van der Waals surface area contributed by atoms with Crippen LogP contribution in [0.1, 0.15) is 18.7 Å². The fraction of sp³-hybridized carbons (Fsp3) is 0.167. The molecule has 0 saturated carbocycles. The molecule has 5 nitrogen and oxygen atoms in total. The molecule has 0 aliphatic rings. The number of benzene rings is 1. The molecule has 0 bridgehead atoms. The first-order chi connectivity index (χ1) is 8.58. The number of nitro groups is 1. The Morgan fingerprint density at radius 2 is 2.22 bits per heavy atom. The van der Waals surface area contributed by atoms with E-state index in [2.05, 4.69) is 21.2 Å². The van der Waals surface area contributed by atoms with Gasteiger partial charge in [-0.15, -0.1) is 0 Å². The van der Waals surface area contributed by atoms with E-state index in [0.717, 1.165) is 5.76 Å². The van der Waals surface area contributed by atoms with Crippen molar-refractivity contribution >= 4 is 27.3 Å². The molecule has 1 aromatic carbocycles. The van der Waals surface area contributed by atoms with Crippen LogP contribution in [-0.2, 0) is 0 Å². The van der Waals surface area contributed by atoms with Gasteiger partial charge in [0.15, 0.2) is 0 Å². The molecule has 0 aliphatic heterocycles. The van der Waals surface area contributed by atoms with E-state index < -0.39 is 4.92 Å². The van der Waals surface area contributed by atoms with E-state index >= 15 is 0 Å². The van der Waals surface area contributed by atoms with Crippen LogP contribution in [0.4, 0.5) is 11.4 Å². The monoisotopic (exact) mass is 310 g/mol. The Bertz CT molecular complexity index is 554. The van der Waals surface area contributed by atoms with E-state index in [0.29, 0.717) is 10.2 Å². The van der Waals surface area contributed by atoms with Crippen molar-refractivity contribution in [2.75, 3.05) is 5.32 Å². The molecule has 18 heavy (non-hydrogen) atoms. The number of halogens is 1. The van der Waals surface area contributed by atoms with Gasteiger partial charge >= 0.3 is 0 Å². The lowest BCUT2D eigenvalue weighted by molar-refractivity contribution is -0.384. The fourth-order valence-electron chi connectivity index (χ4n) is 1.62. The molecule has 6 heteroatoms. The molecule has 0 spiro atoms. The average molecular weight is 311 g/mol. The maximum absolute atomic E-state index is 11.0. The zero-order valence-corrected chi connectivity index (χ0v) is 11.2. The lowest BCUT2D eigenvalue weighted by atomic mass is 10.2. The van der Waals surface area contributed by atoms with Gasteiger partial charge in [-0.05, 0) is 31.2 Å². The van der Waals surface area contributed by atoms with Gasteiger partial charge in [0.05, 0.1) is 17.2 Å². The van der Waals surface area contributed by atoms with Gasteiger partial charge in [-0.2, -0.15) is 0 Å². The van der Waals surface area contributed by atoms with Crippen molar-refractivity contribution in [2.45, 2.75) is 13.0 Å². The highest BCUT2D eigenvalue weighted by molar-refractivity contribution is 9.10. The predicted molar refractivity (Wildman–Crippen MR) is 71.5 cm³/mol. The van der Waals surface area contributed by atoms with Crippen LogP contribution < -0.4 is 5.32 Å². The van der Waals surface area contributed by atoms with Crippen molar-refractivity contribution in [1.29, 1.82) is 0 Å². The first-order valence-corrected chi connectivity index (χ1v) is 6.11. The van der Waals surface area contributed by atoms with Gasteiger partial charge in [-0.25, -0.2) is 0 Å². The van der Waals surface area contributed by atoms with Gasteiger partial charge < -0.3 is 9.73 Å². The predicted octanol–water partition coefficient (Wildman–Crippen LogP) is 4.12. The Labute approximate surface area is 112 Å². The third-order valence-corrected chi connectivity index (χ3v) is 2.99. The molecule has 1 N–H and O–H groups in total. The lowest BCUT2D eigenvalue weighted by Gasteiger charge is -2.13. The second kappa shape index (κ2) is 5.22. The Balaban J connectivity index is 2.26. The molecule has 0 aliphatic carbocycles. The molecule has 94 valence electrons. The van der Waals surface area contributed by atoms with Crippen molar-refractivity contribution in [1.82, 2.24) is 0 Å². The standard InChI is InChI=1S/C12H11BrN2O3/c1-8(12-3-2-6-18-12)14-10-5-4-9(13)7-11(10)15(16)17/h2-8,14H,1H3. The minimum Gasteiger partial charge on any atom is -0.467 e. The molecule has 1 heterocycles. The van der Waals surface area contributed by atoms with E-state index in [1.807, 2.05) is 13.0 Å². The fourth-order valence-corrected chi connectivity index (χ4v) is 1.97. The Kier molecular flexibility index (Phi) is 3.66. The summed E-state index contributed by atoms with van der Waals surface area (Å²) >= 11 is 3.22. The van der Waals surface area contributed by atoms with Crippen LogP contribution in [0.5, 0.6) is 0 Å².